The Morgan fingerprint density at radius 3 is 3.27 bits per heavy atom. The number of aryl methyl sites for hydroxylation is 1. The lowest BCUT2D eigenvalue weighted by molar-refractivity contribution is 0.111. The molecule has 0 aromatic carbocycles. The average molecular weight is 166 g/mol. The number of carbonyl (C=O) groups excluding carboxylic acids is 1. The Balaban J connectivity index is 2.90. The van der Waals surface area contributed by atoms with Gasteiger partial charge in [-0.2, -0.15) is 0 Å². The molecule has 0 atom stereocenters. The molecule has 0 bridgehead atoms. The fourth-order valence-corrected chi connectivity index (χ4v) is 1.82. The average Bonchev–Trinajstić information content (AvgIpc) is 2.46. The molecule has 2 aromatic rings. The maximum absolute atomic E-state index is 10.5. The van der Waals surface area contributed by atoms with Crippen molar-refractivity contribution < 1.29 is 4.79 Å². The van der Waals surface area contributed by atoms with Gasteiger partial charge in [-0.3, -0.25) is 9.20 Å². The summed E-state index contributed by atoms with van der Waals surface area (Å²) in [5, 5.41) is 1.91. The van der Waals surface area contributed by atoms with Crippen molar-refractivity contribution in [2.75, 3.05) is 0 Å². The Morgan fingerprint density at radius 1 is 1.73 bits per heavy atom. The molecule has 2 aromatic heterocycles. The van der Waals surface area contributed by atoms with Gasteiger partial charge in [0.1, 0.15) is 5.69 Å². The van der Waals surface area contributed by atoms with Gasteiger partial charge in [0.05, 0.1) is 5.69 Å². The minimum atomic E-state index is 0.654. The maximum Gasteiger partial charge on any atom is 0.194 e. The van der Waals surface area contributed by atoms with Crippen LogP contribution in [0.3, 0.4) is 0 Å². The molecule has 4 heteroatoms. The number of hydrogen-bond acceptors (Lipinski definition) is 3. The number of aromatic nitrogens is 2. The third kappa shape index (κ3) is 0.793. The Morgan fingerprint density at radius 2 is 2.55 bits per heavy atom. The first-order valence-electron chi connectivity index (χ1n) is 3.20. The van der Waals surface area contributed by atoms with Crippen molar-refractivity contribution in [2.24, 2.45) is 0 Å². The lowest BCUT2D eigenvalue weighted by atomic mass is 10.4. The molecule has 0 amide bonds. The standard InChI is InChI=1S/C7H6N2OS/c1-5-6(4-10)9-2-3-11-7(9)8-5/h2-4H,1H3. The lowest BCUT2D eigenvalue weighted by Gasteiger charge is -1.85. The normalized spacial score (nSPS) is 10.6. The first-order chi connectivity index (χ1) is 5.33. The molecule has 0 N–H and O–H groups in total. The predicted octanol–water partition coefficient (Wildman–Crippen LogP) is 1.52. The molecule has 3 nitrogen and oxygen atoms in total. The van der Waals surface area contributed by atoms with Gasteiger partial charge in [0.25, 0.3) is 0 Å². The van der Waals surface area contributed by atoms with Gasteiger partial charge in [0, 0.05) is 11.6 Å². The van der Waals surface area contributed by atoms with Gasteiger partial charge in [-0.1, -0.05) is 0 Å². The number of imidazole rings is 1. The van der Waals surface area contributed by atoms with Gasteiger partial charge in [-0.05, 0) is 6.92 Å². The highest BCUT2D eigenvalue weighted by atomic mass is 32.1. The van der Waals surface area contributed by atoms with Gasteiger partial charge in [-0.25, -0.2) is 4.98 Å². The molecule has 0 saturated carbocycles. The Hall–Kier alpha value is -1.16. The van der Waals surface area contributed by atoms with E-state index >= 15 is 0 Å². The summed E-state index contributed by atoms with van der Waals surface area (Å²) in [7, 11) is 0. The molecule has 2 heterocycles. The van der Waals surface area contributed by atoms with Gasteiger partial charge in [-0.15, -0.1) is 11.3 Å². The summed E-state index contributed by atoms with van der Waals surface area (Å²) in [6, 6.07) is 0. The second-order valence-corrected chi connectivity index (χ2v) is 3.13. The molecule has 56 valence electrons. The number of aldehydes is 1. The van der Waals surface area contributed by atoms with Crippen molar-refractivity contribution in [1.29, 1.82) is 0 Å². The highest BCUT2D eigenvalue weighted by molar-refractivity contribution is 7.15. The molecule has 0 aliphatic rings. The molecule has 0 unspecified atom stereocenters. The molecule has 0 aliphatic carbocycles. The van der Waals surface area contributed by atoms with E-state index < -0.39 is 0 Å². The zero-order chi connectivity index (χ0) is 7.84. The maximum atomic E-state index is 10.5. The predicted molar refractivity (Wildman–Crippen MR) is 43.2 cm³/mol. The highest BCUT2D eigenvalue weighted by Crippen LogP contribution is 2.14. The molecule has 0 radical (unpaired) electrons. The van der Waals surface area contributed by atoms with E-state index in [0.717, 1.165) is 16.9 Å². The highest BCUT2D eigenvalue weighted by Gasteiger charge is 2.06. The monoisotopic (exact) mass is 166 g/mol. The fraction of sp³-hybridized carbons (Fsp3) is 0.143. The third-order valence-corrected chi connectivity index (χ3v) is 2.35. The third-order valence-electron chi connectivity index (χ3n) is 1.59. The van der Waals surface area contributed by atoms with Gasteiger partial charge in [0.15, 0.2) is 11.2 Å². The Labute approximate surface area is 67.3 Å². The number of nitrogens with zero attached hydrogens (tertiary/aromatic N) is 2. The van der Waals surface area contributed by atoms with Crippen LogP contribution < -0.4 is 0 Å². The van der Waals surface area contributed by atoms with Crippen molar-refractivity contribution in [3.63, 3.8) is 0 Å². The molecule has 0 fully saturated rings. The molecular weight excluding hydrogens is 160 g/mol. The molecule has 0 saturated heterocycles. The zero-order valence-corrected chi connectivity index (χ0v) is 6.76. The summed E-state index contributed by atoms with van der Waals surface area (Å²) in [5.41, 5.74) is 1.45. The summed E-state index contributed by atoms with van der Waals surface area (Å²) in [6.07, 6.45) is 2.69. The van der Waals surface area contributed by atoms with Crippen LogP contribution in [-0.2, 0) is 0 Å². The number of fused-ring (bicyclic) bond motifs is 1. The van der Waals surface area contributed by atoms with E-state index in [0.29, 0.717) is 5.69 Å². The number of hydrogen-bond donors (Lipinski definition) is 0. The first-order valence-corrected chi connectivity index (χ1v) is 4.08. The van der Waals surface area contributed by atoms with Crippen molar-refractivity contribution in [2.45, 2.75) is 6.92 Å². The van der Waals surface area contributed by atoms with Crippen molar-refractivity contribution in [1.82, 2.24) is 9.38 Å². The van der Waals surface area contributed by atoms with Crippen LogP contribution in [0.25, 0.3) is 4.96 Å². The Bertz CT molecular complexity index is 401. The summed E-state index contributed by atoms with van der Waals surface area (Å²) in [4.78, 5) is 15.6. The van der Waals surface area contributed by atoms with Crippen LogP contribution in [0.5, 0.6) is 0 Å². The number of carbonyl (C=O) groups is 1. The van der Waals surface area contributed by atoms with Gasteiger partial charge >= 0.3 is 0 Å². The van der Waals surface area contributed by atoms with E-state index in [1.54, 1.807) is 4.40 Å². The first kappa shape index (κ1) is 6.54. The van der Waals surface area contributed by atoms with E-state index in [1.807, 2.05) is 18.5 Å². The van der Waals surface area contributed by atoms with Crippen LogP contribution in [0, 0.1) is 6.92 Å². The van der Waals surface area contributed by atoms with E-state index in [9.17, 15) is 4.79 Å². The van der Waals surface area contributed by atoms with E-state index in [1.165, 1.54) is 11.3 Å². The van der Waals surface area contributed by atoms with Crippen LogP contribution in [0.1, 0.15) is 16.2 Å². The summed E-state index contributed by atoms with van der Waals surface area (Å²) in [5.74, 6) is 0. The van der Waals surface area contributed by atoms with Crippen molar-refractivity contribution in [3.8, 4) is 0 Å². The van der Waals surface area contributed by atoms with Gasteiger partial charge < -0.3 is 0 Å². The number of thiazole rings is 1. The molecular formula is C7H6N2OS. The summed E-state index contributed by atoms with van der Waals surface area (Å²) < 4.78 is 1.80. The lowest BCUT2D eigenvalue weighted by Crippen LogP contribution is -1.87. The minimum absolute atomic E-state index is 0.654. The SMILES string of the molecule is Cc1nc2sccn2c1C=O. The molecule has 2 rings (SSSR count). The van der Waals surface area contributed by atoms with E-state index in [-0.39, 0.29) is 0 Å². The topological polar surface area (TPSA) is 34.4 Å². The van der Waals surface area contributed by atoms with E-state index in [4.69, 9.17) is 0 Å². The minimum Gasteiger partial charge on any atom is -0.296 e. The van der Waals surface area contributed by atoms with Gasteiger partial charge in [0.2, 0.25) is 0 Å². The second kappa shape index (κ2) is 2.17. The van der Waals surface area contributed by atoms with E-state index in [2.05, 4.69) is 4.98 Å². The largest absolute Gasteiger partial charge is 0.296 e. The van der Waals surface area contributed by atoms with Crippen LogP contribution >= 0.6 is 11.3 Å². The zero-order valence-electron chi connectivity index (χ0n) is 5.94. The van der Waals surface area contributed by atoms with Crippen LogP contribution in [-0.4, -0.2) is 15.7 Å². The van der Waals surface area contributed by atoms with Crippen LogP contribution in [0.15, 0.2) is 11.6 Å². The quantitative estimate of drug-likeness (QED) is 0.602. The fourth-order valence-electron chi connectivity index (χ4n) is 1.05. The van der Waals surface area contributed by atoms with Crippen LogP contribution in [0.2, 0.25) is 0 Å². The van der Waals surface area contributed by atoms with Crippen molar-refractivity contribution >= 4 is 22.6 Å². The second-order valence-electron chi connectivity index (χ2n) is 2.26. The Kier molecular flexibility index (Phi) is 1.29. The molecule has 0 aliphatic heterocycles. The summed E-state index contributed by atoms with van der Waals surface area (Å²) in [6.45, 7) is 1.84. The summed E-state index contributed by atoms with van der Waals surface area (Å²) >= 11 is 1.53. The van der Waals surface area contributed by atoms with Crippen LogP contribution in [0.4, 0.5) is 0 Å². The molecule has 11 heavy (non-hydrogen) atoms. The number of rotatable bonds is 1. The molecule has 0 spiro atoms. The van der Waals surface area contributed by atoms with Crippen molar-refractivity contribution in [3.05, 3.63) is 23.0 Å². The smallest absolute Gasteiger partial charge is 0.194 e.